The predicted molar refractivity (Wildman–Crippen MR) is 84.6 cm³/mol. The predicted octanol–water partition coefficient (Wildman–Crippen LogP) is 1.63. The monoisotopic (exact) mass is 317 g/mol. The number of carbonyl (C=O) groups is 2. The molecule has 1 heterocycles. The van der Waals surface area contributed by atoms with Gasteiger partial charge in [-0.05, 0) is 26.0 Å². The Morgan fingerprint density at radius 2 is 2.26 bits per heavy atom. The van der Waals surface area contributed by atoms with Crippen molar-refractivity contribution >= 4 is 23.3 Å². The van der Waals surface area contributed by atoms with Crippen LogP contribution in [0.5, 0.6) is 5.75 Å². The molecule has 0 saturated heterocycles. The quantitative estimate of drug-likeness (QED) is 0.801. The van der Waals surface area contributed by atoms with E-state index in [4.69, 9.17) is 15.1 Å². The van der Waals surface area contributed by atoms with Gasteiger partial charge in [-0.15, -0.1) is 0 Å². The van der Waals surface area contributed by atoms with Crippen LogP contribution in [0.1, 0.15) is 20.3 Å². The minimum absolute atomic E-state index is 0.0599. The number of amides is 1. The van der Waals surface area contributed by atoms with E-state index in [1.165, 1.54) is 0 Å². The number of fused-ring (bicyclic) bond motifs is 1. The zero-order valence-corrected chi connectivity index (χ0v) is 13.2. The highest BCUT2D eigenvalue weighted by Gasteiger charge is 2.30. The third kappa shape index (κ3) is 3.54. The third-order valence-corrected chi connectivity index (χ3v) is 3.69. The van der Waals surface area contributed by atoms with Crippen LogP contribution in [0.4, 0.5) is 11.4 Å². The molecule has 0 saturated carbocycles. The lowest BCUT2D eigenvalue weighted by molar-refractivity contribution is -0.136. The third-order valence-electron chi connectivity index (χ3n) is 3.69. The van der Waals surface area contributed by atoms with E-state index in [-0.39, 0.29) is 25.4 Å². The van der Waals surface area contributed by atoms with E-state index in [2.05, 4.69) is 0 Å². The number of nitriles is 1. The Morgan fingerprint density at radius 1 is 1.52 bits per heavy atom. The van der Waals surface area contributed by atoms with Crippen LogP contribution in [-0.4, -0.2) is 42.7 Å². The average Bonchev–Trinajstić information content (AvgIpc) is 2.52. The van der Waals surface area contributed by atoms with E-state index in [1.54, 1.807) is 34.9 Å². The molecule has 0 aromatic heterocycles. The summed E-state index contributed by atoms with van der Waals surface area (Å²) in [7, 11) is 0. The van der Waals surface area contributed by atoms with E-state index in [0.717, 1.165) is 0 Å². The summed E-state index contributed by atoms with van der Waals surface area (Å²) >= 11 is 0. The van der Waals surface area contributed by atoms with Crippen molar-refractivity contribution in [3.8, 4) is 11.8 Å². The van der Waals surface area contributed by atoms with Crippen LogP contribution in [0.2, 0.25) is 0 Å². The fourth-order valence-corrected chi connectivity index (χ4v) is 2.54. The summed E-state index contributed by atoms with van der Waals surface area (Å²) in [5, 5.41) is 17.8. The number of rotatable bonds is 6. The molecule has 1 aromatic carbocycles. The van der Waals surface area contributed by atoms with Gasteiger partial charge in [0, 0.05) is 24.8 Å². The number of anilines is 2. The summed E-state index contributed by atoms with van der Waals surface area (Å²) in [6.45, 7) is 4.44. The molecule has 1 unspecified atom stereocenters. The fraction of sp³-hybridized carbons (Fsp3) is 0.438. The second-order valence-electron chi connectivity index (χ2n) is 5.22. The average molecular weight is 317 g/mol. The molecule has 0 spiro atoms. The number of carboxylic acid groups (broad SMARTS) is 1. The number of benzene rings is 1. The molecule has 122 valence electrons. The lowest BCUT2D eigenvalue weighted by atomic mass is 10.1. The number of hydrogen-bond acceptors (Lipinski definition) is 5. The number of carbonyl (C=O) groups excluding carboxylic acids is 1. The Labute approximate surface area is 134 Å². The molecule has 1 aromatic rings. The Kier molecular flexibility index (Phi) is 5.06. The van der Waals surface area contributed by atoms with Gasteiger partial charge in [-0.3, -0.25) is 9.59 Å². The van der Waals surface area contributed by atoms with Crippen molar-refractivity contribution in [2.45, 2.75) is 26.4 Å². The second kappa shape index (κ2) is 7.01. The molecule has 7 heteroatoms. The second-order valence-corrected chi connectivity index (χ2v) is 5.22. The van der Waals surface area contributed by atoms with Crippen molar-refractivity contribution in [1.29, 1.82) is 5.26 Å². The number of likely N-dealkylation sites (N-methyl/N-ethyl adjacent to an activating group) is 1. The van der Waals surface area contributed by atoms with Gasteiger partial charge >= 0.3 is 5.97 Å². The van der Waals surface area contributed by atoms with E-state index in [1.807, 2.05) is 13.0 Å². The van der Waals surface area contributed by atoms with Gasteiger partial charge in [0.2, 0.25) is 0 Å². The van der Waals surface area contributed by atoms with Crippen LogP contribution < -0.4 is 14.5 Å². The molecular formula is C16H19N3O4. The molecule has 1 atom stereocenters. The number of ether oxygens (including phenoxy) is 1. The largest absolute Gasteiger partial charge is 0.481 e. The highest BCUT2D eigenvalue weighted by molar-refractivity contribution is 6.00. The first-order valence-electron chi connectivity index (χ1n) is 7.43. The van der Waals surface area contributed by atoms with Crippen LogP contribution in [0, 0.1) is 11.3 Å². The van der Waals surface area contributed by atoms with Gasteiger partial charge in [-0.25, -0.2) is 0 Å². The van der Waals surface area contributed by atoms with Crippen molar-refractivity contribution in [2.75, 3.05) is 29.4 Å². The molecule has 23 heavy (non-hydrogen) atoms. The van der Waals surface area contributed by atoms with Gasteiger partial charge in [-0.1, -0.05) is 0 Å². The molecular weight excluding hydrogens is 298 g/mol. The van der Waals surface area contributed by atoms with E-state index >= 15 is 0 Å². The van der Waals surface area contributed by atoms with Crippen molar-refractivity contribution < 1.29 is 19.4 Å². The molecule has 1 amide bonds. The van der Waals surface area contributed by atoms with Gasteiger partial charge in [0.25, 0.3) is 5.91 Å². The van der Waals surface area contributed by atoms with Crippen LogP contribution in [-0.2, 0) is 9.59 Å². The van der Waals surface area contributed by atoms with Gasteiger partial charge in [0.1, 0.15) is 12.3 Å². The topological polar surface area (TPSA) is 93.9 Å². The molecule has 1 N–H and O–H groups in total. The first-order chi connectivity index (χ1) is 11.0. The van der Waals surface area contributed by atoms with E-state index in [9.17, 15) is 9.59 Å². The first-order valence-corrected chi connectivity index (χ1v) is 7.43. The van der Waals surface area contributed by atoms with Crippen molar-refractivity contribution in [2.24, 2.45) is 0 Å². The van der Waals surface area contributed by atoms with Gasteiger partial charge in [0.05, 0.1) is 18.2 Å². The molecule has 0 radical (unpaired) electrons. The number of nitrogens with zero attached hydrogens (tertiary/aromatic N) is 3. The molecule has 0 bridgehead atoms. The minimum atomic E-state index is -0.918. The normalized spacial score (nSPS) is 16.3. The molecule has 2 rings (SSSR count). The summed E-state index contributed by atoms with van der Waals surface area (Å²) in [6, 6.07) is 7.32. The Bertz CT molecular complexity index is 653. The smallest absolute Gasteiger partial charge is 0.305 e. The summed E-state index contributed by atoms with van der Waals surface area (Å²) in [6.07, 6.45) is -0.628. The highest BCUT2D eigenvalue weighted by atomic mass is 16.5. The van der Waals surface area contributed by atoms with Crippen molar-refractivity contribution in [1.82, 2.24) is 0 Å². The molecule has 0 fully saturated rings. The highest BCUT2D eigenvalue weighted by Crippen LogP contribution is 2.37. The molecule has 7 nitrogen and oxygen atoms in total. The van der Waals surface area contributed by atoms with Gasteiger partial charge in [-0.2, -0.15) is 5.26 Å². The van der Waals surface area contributed by atoms with Crippen LogP contribution in [0.3, 0.4) is 0 Å². The number of hydrogen-bond donors (Lipinski definition) is 1. The summed E-state index contributed by atoms with van der Waals surface area (Å²) in [5.74, 6) is -0.444. The van der Waals surface area contributed by atoms with Gasteiger partial charge in [0.15, 0.2) is 6.10 Å². The Hall–Kier alpha value is -2.75. The summed E-state index contributed by atoms with van der Waals surface area (Å²) < 4.78 is 5.65. The maximum Gasteiger partial charge on any atom is 0.305 e. The molecule has 0 aliphatic carbocycles. The summed E-state index contributed by atoms with van der Waals surface area (Å²) in [5.41, 5.74) is 1.39. The van der Waals surface area contributed by atoms with E-state index < -0.39 is 12.1 Å². The zero-order valence-electron chi connectivity index (χ0n) is 13.2. The lowest BCUT2D eigenvalue weighted by Crippen LogP contribution is -2.44. The first kappa shape index (κ1) is 16.6. The SMILES string of the molecule is CCN1C(=O)C(C)Oc2cc(N(CC#N)CCC(=O)O)ccc21. The standard InChI is InChI=1S/C16H19N3O4/c1-3-19-13-5-4-12(10-14(13)23-11(2)16(19)22)18(9-7-17)8-6-15(20)21/h4-5,10-11H,3,6,8-9H2,1-2H3,(H,20,21). The van der Waals surface area contributed by atoms with Crippen molar-refractivity contribution in [3.63, 3.8) is 0 Å². The number of aliphatic carboxylic acids is 1. The van der Waals surface area contributed by atoms with Crippen LogP contribution in [0.15, 0.2) is 18.2 Å². The summed E-state index contributed by atoms with van der Waals surface area (Å²) in [4.78, 5) is 26.2. The van der Waals surface area contributed by atoms with Crippen molar-refractivity contribution in [3.05, 3.63) is 18.2 Å². The van der Waals surface area contributed by atoms with Crippen LogP contribution >= 0.6 is 0 Å². The van der Waals surface area contributed by atoms with Crippen LogP contribution in [0.25, 0.3) is 0 Å². The zero-order chi connectivity index (χ0) is 17.0. The Balaban J connectivity index is 2.31. The van der Waals surface area contributed by atoms with Gasteiger partial charge < -0.3 is 19.6 Å². The fourth-order valence-electron chi connectivity index (χ4n) is 2.54. The molecule has 1 aliphatic rings. The van der Waals surface area contributed by atoms with E-state index in [0.29, 0.717) is 23.7 Å². The maximum absolute atomic E-state index is 12.1. The molecule has 1 aliphatic heterocycles. The maximum atomic E-state index is 12.1. The minimum Gasteiger partial charge on any atom is -0.481 e. The Morgan fingerprint density at radius 3 is 2.87 bits per heavy atom. The number of carboxylic acids is 1. The lowest BCUT2D eigenvalue weighted by Gasteiger charge is -2.33.